The molecule has 5 aliphatic rings. The quantitative estimate of drug-likeness (QED) is 0.176. The fourth-order valence-electron chi connectivity index (χ4n) is 10.1. The predicted molar refractivity (Wildman–Crippen MR) is 187 cm³/mol. The van der Waals surface area contributed by atoms with E-state index >= 15 is 0 Å². The number of carbonyl (C=O) groups is 1. The number of nitrogens with zero attached hydrogens (tertiary/aromatic N) is 1. The zero-order valence-corrected chi connectivity index (χ0v) is 27.1. The average Bonchev–Trinajstić information content (AvgIpc) is 2.98. The molecule has 3 aliphatic carbocycles. The first-order valence-corrected chi connectivity index (χ1v) is 17.2. The van der Waals surface area contributed by atoms with E-state index in [4.69, 9.17) is 4.99 Å². The van der Waals surface area contributed by atoms with E-state index in [-0.39, 0.29) is 17.2 Å². The molecule has 4 unspecified atom stereocenters. The van der Waals surface area contributed by atoms with Crippen molar-refractivity contribution < 1.29 is 9.90 Å². The summed E-state index contributed by atoms with van der Waals surface area (Å²) in [5.41, 5.74) is 3.94. The van der Waals surface area contributed by atoms with Gasteiger partial charge in [-0.25, -0.2) is 0 Å². The van der Waals surface area contributed by atoms with E-state index in [1.165, 1.54) is 12.8 Å². The van der Waals surface area contributed by atoms with E-state index < -0.39 is 5.66 Å². The van der Waals surface area contributed by atoms with Crippen LogP contribution in [0.2, 0.25) is 0 Å². The number of aliphatic hydroxyl groups is 1. The van der Waals surface area contributed by atoms with Crippen LogP contribution in [0.3, 0.4) is 0 Å². The Morgan fingerprint density at radius 2 is 1.30 bits per heavy atom. The number of carbonyl (C=O) groups excluding carboxylic acids is 1. The summed E-state index contributed by atoms with van der Waals surface area (Å²) in [7, 11) is 0. The van der Waals surface area contributed by atoms with Crippen molar-refractivity contribution in [3.63, 3.8) is 0 Å². The molecule has 0 amide bonds. The van der Waals surface area contributed by atoms with Crippen molar-refractivity contribution in [2.75, 3.05) is 16.0 Å². The van der Waals surface area contributed by atoms with Crippen LogP contribution in [0.25, 0.3) is 32.7 Å². The minimum atomic E-state index is -0.414. The third-order valence-corrected chi connectivity index (χ3v) is 11.3. The number of ketones is 1. The lowest BCUT2D eigenvalue weighted by molar-refractivity contribution is -0.109. The third-order valence-electron chi connectivity index (χ3n) is 11.3. The number of Topliss-reactive ketones (excluding diaryl/α,β-unsaturated/α-hetero) is 1. The van der Waals surface area contributed by atoms with Crippen molar-refractivity contribution in [3.8, 4) is 0 Å². The van der Waals surface area contributed by atoms with Gasteiger partial charge in [0.15, 0.2) is 0 Å². The normalized spacial score (nSPS) is 32.6. The van der Waals surface area contributed by atoms with Crippen molar-refractivity contribution in [3.05, 3.63) is 82.6 Å². The molecule has 4 N–H and O–H groups in total. The molecule has 234 valence electrons. The molecule has 2 saturated carbocycles. The molecular weight excluding hydrogens is 568 g/mol. The van der Waals surface area contributed by atoms with E-state index in [1.54, 1.807) is 0 Å². The zero-order chi connectivity index (χ0) is 31.5. The molecule has 0 aromatic heterocycles. The number of nitrogens with one attached hydrogen (secondary N) is 3. The maximum atomic E-state index is 14.4. The summed E-state index contributed by atoms with van der Waals surface area (Å²) in [5.74, 6) is 2.18. The van der Waals surface area contributed by atoms with E-state index in [1.807, 2.05) is 12.1 Å². The lowest BCUT2D eigenvalue weighted by Gasteiger charge is -2.48. The van der Waals surface area contributed by atoms with Gasteiger partial charge in [-0.3, -0.25) is 9.79 Å². The highest BCUT2D eigenvalue weighted by molar-refractivity contribution is 6.52. The molecule has 0 radical (unpaired) electrons. The van der Waals surface area contributed by atoms with Gasteiger partial charge in [-0.15, -0.1) is 0 Å². The van der Waals surface area contributed by atoms with Crippen molar-refractivity contribution in [1.82, 2.24) is 0 Å². The van der Waals surface area contributed by atoms with Crippen molar-refractivity contribution in [2.45, 2.75) is 77.5 Å². The predicted octanol–water partition coefficient (Wildman–Crippen LogP) is 7.88. The van der Waals surface area contributed by atoms with Crippen molar-refractivity contribution in [2.24, 2.45) is 28.7 Å². The number of aliphatic hydroxyl groups excluding tert-OH is 1. The second-order valence-electron chi connectivity index (χ2n) is 15.5. The summed E-state index contributed by atoms with van der Waals surface area (Å²) in [6.45, 7) is 9.28. The second kappa shape index (κ2) is 9.60. The highest BCUT2D eigenvalue weighted by Crippen LogP contribution is 2.50. The van der Waals surface area contributed by atoms with E-state index in [9.17, 15) is 9.90 Å². The fraction of sp³-hybridized carbons (Fsp3) is 0.400. The lowest BCUT2D eigenvalue weighted by Crippen LogP contribution is -2.53. The summed E-state index contributed by atoms with van der Waals surface area (Å²) < 4.78 is 0. The maximum absolute atomic E-state index is 14.4. The van der Waals surface area contributed by atoms with Gasteiger partial charge >= 0.3 is 0 Å². The van der Waals surface area contributed by atoms with Gasteiger partial charge in [-0.1, -0.05) is 76.2 Å². The third kappa shape index (κ3) is 4.01. The molecule has 0 saturated heterocycles. The van der Waals surface area contributed by atoms with Gasteiger partial charge < -0.3 is 21.1 Å². The van der Waals surface area contributed by atoms with Gasteiger partial charge in [0.25, 0.3) is 0 Å². The Morgan fingerprint density at radius 3 is 1.98 bits per heavy atom. The first-order valence-electron chi connectivity index (χ1n) is 17.2. The number of hydrogen-bond donors (Lipinski definition) is 4. The van der Waals surface area contributed by atoms with Gasteiger partial charge in [-0.2, -0.15) is 0 Å². The first-order chi connectivity index (χ1) is 22.1. The first kappa shape index (κ1) is 27.9. The summed E-state index contributed by atoms with van der Waals surface area (Å²) >= 11 is 0. The number of anilines is 3. The Labute approximate surface area is 269 Å². The molecule has 46 heavy (non-hydrogen) atoms. The highest BCUT2D eigenvalue weighted by Gasteiger charge is 2.44. The van der Waals surface area contributed by atoms with Crippen LogP contribution >= 0.6 is 0 Å². The number of hydrogen-bond acceptors (Lipinski definition) is 6. The van der Waals surface area contributed by atoms with Crippen LogP contribution in [0.15, 0.2) is 71.4 Å². The number of rotatable bonds is 1. The molecule has 9 rings (SSSR count). The summed E-state index contributed by atoms with van der Waals surface area (Å²) in [6, 6.07) is 20.8. The van der Waals surface area contributed by atoms with E-state index in [0.29, 0.717) is 34.8 Å². The van der Waals surface area contributed by atoms with Crippen LogP contribution < -0.4 is 26.5 Å². The highest BCUT2D eigenvalue weighted by atomic mass is 16.3. The van der Waals surface area contributed by atoms with Gasteiger partial charge in [0.1, 0.15) is 17.1 Å². The van der Waals surface area contributed by atoms with Crippen LogP contribution in [-0.2, 0) is 4.79 Å². The van der Waals surface area contributed by atoms with Gasteiger partial charge in [0.2, 0.25) is 5.78 Å². The van der Waals surface area contributed by atoms with Crippen LogP contribution in [0.1, 0.15) is 71.8 Å². The zero-order valence-electron chi connectivity index (χ0n) is 27.1. The molecule has 2 spiro atoms. The minimum Gasteiger partial charge on any atom is -0.506 e. The fourth-order valence-corrected chi connectivity index (χ4v) is 10.1. The Morgan fingerprint density at radius 1 is 0.696 bits per heavy atom. The number of allylic oxidation sites excluding steroid dienone is 2. The Hall–Kier alpha value is -4.32. The van der Waals surface area contributed by atoms with Crippen molar-refractivity contribution >= 4 is 55.5 Å². The van der Waals surface area contributed by atoms with Gasteiger partial charge in [0, 0.05) is 32.9 Å². The van der Waals surface area contributed by atoms with Crippen LogP contribution in [0, 0.1) is 23.7 Å². The monoisotopic (exact) mass is 610 g/mol. The topological polar surface area (TPSA) is 85.8 Å². The molecule has 4 atom stereocenters. The lowest BCUT2D eigenvalue weighted by atomic mass is 9.74. The Balaban J connectivity index is 1.25. The van der Waals surface area contributed by atoms with E-state index in [2.05, 4.69) is 92.2 Å². The number of benzene rings is 4. The molecule has 4 aromatic carbocycles. The molecule has 6 nitrogen and oxygen atoms in total. The summed E-state index contributed by atoms with van der Waals surface area (Å²) in [6.07, 6.45) is 6.28. The smallest absolute Gasteiger partial charge is 0.201 e. The summed E-state index contributed by atoms with van der Waals surface area (Å²) in [5, 5.41) is 29.4. The summed E-state index contributed by atoms with van der Waals surface area (Å²) in [4.78, 5) is 19.8. The Bertz CT molecular complexity index is 2140. The van der Waals surface area contributed by atoms with Crippen molar-refractivity contribution in [1.29, 1.82) is 0 Å². The molecule has 2 heterocycles. The van der Waals surface area contributed by atoms with Crippen LogP contribution in [0.5, 0.6) is 0 Å². The standard InChI is InChI=1S/C40H42N4O2/c1-21-15-22(2)18-39(17-21)41-29-9-5-7-25-11-13-27(35(43-39)31(25)29)33-37(45)34(38(33)46)28-14-12-26-8-6-10-30-32(26)36(28)44-40(42-30)19-23(3)16-24(4)20-40/h5-14,21-24,41-43,45H,15-20H2,1-4H3/b34-28-. The second-order valence-corrected chi connectivity index (χ2v) is 15.5. The van der Waals surface area contributed by atoms with Crippen LogP contribution in [-0.4, -0.2) is 22.2 Å². The van der Waals surface area contributed by atoms with Gasteiger partial charge in [0.05, 0.1) is 22.2 Å². The van der Waals surface area contributed by atoms with Gasteiger partial charge in [-0.05, 0) is 85.1 Å². The van der Waals surface area contributed by atoms with Crippen LogP contribution in [0.4, 0.5) is 17.1 Å². The Kier molecular flexibility index (Phi) is 5.83. The minimum absolute atomic E-state index is 0.0686. The SMILES string of the molecule is CC1CC(C)CC2(C1)N=c1/c(=C3\C(=O)C(c4ccc5cccc6c5c4NC4(CC(C)CC(C)C4)N6)=C3O)ccc3cccc(c13)N2. The van der Waals surface area contributed by atoms with E-state index in [0.717, 1.165) is 80.4 Å². The molecule has 2 aliphatic heterocycles. The largest absolute Gasteiger partial charge is 0.506 e. The molecule has 4 aromatic rings. The molecule has 2 fully saturated rings. The average molecular weight is 611 g/mol. The molecule has 6 heteroatoms. The molecule has 0 bridgehead atoms. The maximum Gasteiger partial charge on any atom is 0.201 e. The molecular formula is C40H42N4O2.